The lowest BCUT2D eigenvalue weighted by molar-refractivity contribution is 0.0365. The molecule has 20 heavy (non-hydrogen) atoms. The topological polar surface area (TPSA) is 34.5 Å². The van der Waals surface area contributed by atoms with Gasteiger partial charge in [-0.25, -0.2) is 0 Å². The first-order chi connectivity index (χ1) is 9.74. The molecule has 1 aliphatic rings. The molecule has 0 amide bonds. The first-order valence-corrected chi connectivity index (χ1v) is 7.91. The van der Waals surface area contributed by atoms with Crippen molar-refractivity contribution in [2.45, 2.75) is 6.54 Å². The van der Waals surface area contributed by atoms with Gasteiger partial charge in [-0.15, -0.1) is 0 Å². The highest BCUT2D eigenvalue weighted by Crippen LogP contribution is 2.14. The zero-order valence-corrected chi connectivity index (χ0v) is 13.4. The fourth-order valence-electron chi connectivity index (χ4n) is 2.55. The summed E-state index contributed by atoms with van der Waals surface area (Å²) in [6.07, 6.45) is 1.90. The summed E-state index contributed by atoms with van der Waals surface area (Å²) in [7, 11) is 0. The minimum atomic E-state index is 0.0983. The van der Waals surface area contributed by atoms with Gasteiger partial charge in [-0.1, -0.05) is 0 Å². The average molecular weight is 384 g/mol. The van der Waals surface area contributed by atoms with Gasteiger partial charge in [0.2, 0.25) is 0 Å². The number of hydrogen-bond acceptors (Lipinski definition) is 3. The predicted molar refractivity (Wildman–Crippen MR) is 88.2 cm³/mol. The van der Waals surface area contributed by atoms with Gasteiger partial charge in [-0.2, -0.15) is 0 Å². The molecule has 1 aliphatic heterocycles. The highest BCUT2D eigenvalue weighted by Gasteiger charge is 2.10. The van der Waals surface area contributed by atoms with E-state index in [0.717, 1.165) is 53.9 Å². The van der Waals surface area contributed by atoms with Gasteiger partial charge in [0.05, 0.1) is 18.7 Å². The number of pyridine rings is 1. The fraction of sp³-hybridized carbons (Fsp3) is 0.400. The Kier molecular flexibility index (Phi) is 4.38. The molecule has 3 rings (SSSR count). The molecule has 1 aromatic heterocycles. The third kappa shape index (κ3) is 3.05. The molecule has 1 fully saturated rings. The molecule has 0 unspecified atom stereocenters. The van der Waals surface area contributed by atoms with Crippen LogP contribution >= 0.6 is 22.6 Å². The standard InChI is InChI=1S/C15H17IN2O2/c16-12-1-2-14-13(11-12)15(19)3-4-18(14)6-5-17-7-9-20-10-8-17/h1-4,11H,5-10H2. The molecule has 0 spiro atoms. The SMILES string of the molecule is O=c1ccn(CCN2CCOCC2)c2ccc(I)cc12. The van der Waals surface area contributed by atoms with E-state index in [4.69, 9.17) is 4.74 Å². The lowest BCUT2D eigenvalue weighted by Crippen LogP contribution is -2.38. The maximum atomic E-state index is 11.9. The summed E-state index contributed by atoms with van der Waals surface area (Å²) in [6.45, 7) is 5.53. The van der Waals surface area contributed by atoms with Crippen molar-refractivity contribution in [2.24, 2.45) is 0 Å². The van der Waals surface area contributed by atoms with Gasteiger partial charge >= 0.3 is 0 Å². The van der Waals surface area contributed by atoms with Crippen molar-refractivity contribution in [3.05, 3.63) is 44.3 Å². The molecule has 2 aromatic rings. The molecule has 0 radical (unpaired) electrons. The van der Waals surface area contributed by atoms with Crippen molar-refractivity contribution >= 4 is 33.5 Å². The molecule has 5 heteroatoms. The number of benzene rings is 1. The third-order valence-electron chi connectivity index (χ3n) is 3.70. The largest absolute Gasteiger partial charge is 0.379 e. The second-order valence-corrected chi connectivity index (χ2v) is 6.23. The Morgan fingerprint density at radius 1 is 1.15 bits per heavy atom. The zero-order chi connectivity index (χ0) is 13.9. The number of nitrogens with zero attached hydrogens (tertiary/aromatic N) is 2. The van der Waals surface area contributed by atoms with E-state index in [-0.39, 0.29) is 5.43 Å². The zero-order valence-electron chi connectivity index (χ0n) is 11.2. The van der Waals surface area contributed by atoms with Crippen LogP contribution in [0.25, 0.3) is 10.9 Å². The molecule has 1 aromatic carbocycles. The fourth-order valence-corrected chi connectivity index (χ4v) is 3.04. The van der Waals surface area contributed by atoms with Crippen LogP contribution < -0.4 is 5.43 Å². The number of halogens is 1. The Morgan fingerprint density at radius 2 is 1.95 bits per heavy atom. The maximum Gasteiger partial charge on any atom is 0.189 e. The van der Waals surface area contributed by atoms with Crippen LogP contribution in [0.5, 0.6) is 0 Å². The van der Waals surface area contributed by atoms with Crippen LogP contribution in [-0.2, 0) is 11.3 Å². The summed E-state index contributed by atoms with van der Waals surface area (Å²) in [5.74, 6) is 0. The summed E-state index contributed by atoms with van der Waals surface area (Å²) < 4.78 is 8.62. The highest BCUT2D eigenvalue weighted by molar-refractivity contribution is 14.1. The molecule has 0 aliphatic carbocycles. The molecular weight excluding hydrogens is 367 g/mol. The first kappa shape index (κ1) is 14.0. The summed E-state index contributed by atoms with van der Waals surface area (Å²) in [4.78, 5) is 14.3. The molecule has 0 atom stereocenters. The lowest BCUT2D eigenvalue weighted by atomic mass is 10.2. The average Bonchev–Trinajstić information content (AvgIpc) is 2.48. The summed E-state index contributed by atoms with van der Waals surface area (Å²) >= 11 is 2.24. The normalized spacial score (nSPS) is 16.6. The van der Waals surface area contributed by atoms with Gasteiger partial charge in [-0.05, 0) is 40.8 Å². The molecule has 0 N–H and O–H groups in total. The van der Waals surface area contributed by atoms with Crippen LogP contribution in [0, 0.1) is 3.57 Å². The molecule has 2 heterocycles. The minimum Gasteiger partial charge on any atom is -0.379 e. The van der Waals surface area contributed by atoms with Crippen molar-refractivity contribution in [1.29, 1.82) is 0 Å². The number of aromatic nitrogens is 1. The summed E-state index contributed by atoms with van der Waals surface area (Å²) in [6, 6.07) is 7.71. The summed E-state index contributed by atoms with van der Waals surface area (Å²) in [5.41, 5.74) is 1.12. The Balaban J connectivity index is 1.84. The molecule has 0 bridgehead atoms. The molecular formula is C15H17IN2O2. The minimum absolute atomic E-state index is 0.0983. The van der Waals surface area contributed by atoms with E-state index in [1.807, 2.05) is 24.4 Å². The van der Waals surface area contributed by atoms with E-state index in [2.05, 4.69) is 32.1 Å². The number of fused-ring (bicyclic) bond motifs is 1. The van der Waals surface area contributed by atoms with E-state index >= 15 is 0 Å². The Labute approximate surface area is 131 Å². The second kappa shape index (κ2) is 6.24. The van der Waals surface area contributed by atoms with Gasteiger partial charge in [-0.3, -0.25) is 9.69 Å². The smallest absolute Gasteiger partial charge is 0.189 e. The quantitative estimate of drug-likeness (QED) is 0.759. The molecule has 4 nitrogen and oxygen atoms in total. The van der Waals surface area contributed by atoms with Gasteiger partial charge in [0.25, 0.3) is 0 Å². The van der Waals surface area contributed by atoms with Crippen molar-refractivity contribution < 1.29 is 4.74 Å². The first-order valence-electron chi connectivity index (χ1n) is 6.83. The van der Waals surface area contributed by atoms with Crippen LogP contribution in [-0.4, -0.2) is 42.3 Å². The van der Waals surface area contributed by atoms with Crippen LogP contribution in [0.15, 0.2) is 35.3 Å². The molecule has 106 valence electrons. The van der Waals surface area contributed by atoms with E-state index in [9.17, 15) is 4.79 Å². The third-order valence-corrected chi connectivity index (χ3v) is 4.37. The van der Waals surface area contributed by atoms with Crippen LogP contribution in [0.4, 0.5) is 0 Å². The number of ether oxygens (including phenoxy) is 1. The molecule has 1 saturated heterocycles. The van der Waals surface area contributed by atoms with Crippen molar-refractivity contribution in [1.82, 2.24) is 9.47 Å². The van der Waals surface area contributed by atoms with Gasteiger partial charge in [0.15, 0.2) is 5.43 Å². The van der Waals surface area contributed by atoms with Crippen molar-refractivity contribution in [3.8, 4) is 0 Å². The van der Waals surface area contributed by atoms with Crippen LogP contribution in [0.2, 0.25) is 0 Å². The lowest BCUT2D eigenvalue weighted by Gasteiger charge is -2.27. The van der Waals surface area contributed by atoms with Crippen LogP contribution in [0.1, 0.15) is 0 Å². The van der Waals surface area contributed by atoms with Gasteiger partial charge in [0, 0.05) is 47.4 Å². The Bertz CT molecular complexity index is 662. The Morgan fingerprint density at radius 3 is 2.75 bits per heavy atom. The number of hydrogen-bond donors (Lipinski definition) is 0. The van der Waals surface area contributed by atoms with Crippen molar-refractivity contribution in [3.63, 3.8) is 0 Å². The predicted octanol–water partition coefficient (Wildman–Crippen LogP) is 1.94. The van der Waals surface area contributed by atoms with Crippen LogP contribution in [0.3, 0.4) is 0 Å². The van der Waals surface area contributed by atoms with Gasteiger partial charge < -0.3 is 9.30 Å². The van der Waals surface area contributed by atoms with Crippen molar-refractivity contribution in [2.75, 3.05) is 32.8 Å². The monoisotopic (exact) mass is 384 g/mol. The summed E-state index contributed by atoms with van der Waals surface area (Å²) in [5, 5.41) is 0.807. The second-order valence-electron chi connectivity index (χ2n) is 4.99. The number of morpholine rings is 1. The Hall–Kier alpha value is -0.920. The van der Waals surface area contributed by atoms with E-state index in [1.54, 1.807) is 6.07 Å². The van der Waals surface area contributed by atoms with E-state index < -0.39 is 0 Å². The number of rotatable bonds is 3. The highest BCUT2D eigenvalue weighted by atomic mass is 127. The van der Waals surface area contributed by atoms with Gasteiger partial charge in [0.1, 0.15) is 0 Å². The van der Waals surface area contributed by atoms with E-state index in [1.165, 1.54) is 0 Å². The van der Waals surface area contributed by atoms with E-state index in [0.29, 0.717) is 0 Å². The maximum absolute atomic E-state index is 11.9. The molecule has 0 saturated carbocycles.